The first-order chi connectivity index (χ1) is 14.5. The predicted octanol–water partition coefficient (Wildman–Crippen LogP) is 6.26. The molecule has 0 saturated carbocycles. The first-order valence-corrected chi connectivity index (χ1v) is 14.4. The van der Waals surface area contributed by atoms with Gasteiger partial charge in [0.25, 0.3) is 10.1 Å². The number of unbranched alkanes of at least 4 members (excludes halogenated alkanes) is 17. The molecule has 30 heavy (non-hydrogen) atoms. The zero-order valence-electron chi connectivity index (χ0n) is 19.8. The van der Waals surface area contributed by atoms with E-state index in [-0.39, 0.29) is 12.3 Å². The summed E-state index contributed by atoms with van der Waals surface area (Å²) in [6.45, 7) is 2.83. The molecule has 1 atom stereocenters. The Bertz CT molecular complexity index is 442. The van der Waals surface area contributed by atoms with Crippen molar-refractivity contribution < 1.29 is 18.1 Å². The second-order valence-electron chi connectivity index (χ2n) is 8.94. The first kappa shape index (κ1) is 29.8. The van der Waals surface area contributed by atoms with Gasteiger partial charge in [-0.3, -0.25) is 4.55 Å². The van der Waals surface area contributed by atoms with Crippen molar-refractivity contribution in [3.8, 4) is 0 Å². The number of hydrogen-bond donors (Lipinski definition) is 3. The highest BCUT2D eigenvalue weighted by molar-refractivity contribution is 7.85. The average molecular weight is 450 g/mol. The van der Waals surface area contributed by atoms with Gasteiger partial charge in [-0.1, -0.05) is 122 Å². The van der Waals surface area contributed by atoms with Crippen LogP contribution in [0.1, 0.15) is 129 Å². The molecule has 0 fully saturated rings. The molecule has 0 aliphatic carbocycles. The third-order valence-electron chi connectivity index (χ3n) is 5.81. The maximum Gasteiger partial charge on any atom is 0.266 e. The smallest absolute Gasteiger partial charge is 0.266 e. The lowest BCUT2D eigenvalue weighted by Crippen LogP contribution is -2.30. The van der Waals surface area contributed by atoms with E-state index in [0.29, 0.717) is 6.54 Å². The van der Waals surface area contributed by atoms with Crippen LogP contribution >= 0.6 is 0 Å². The van der Waals surface area contributed by atoms with E-state index >= 15 is 0 Å². The van der Waals surface area contributed by atoms with E-state index in [4.69, 9.17) is 4.55 Å². The van der Waals surface area contributed by atoms with Crippen LogP contribution in [0.5, 0.6) is 0 Å². The molecule has 0 aromatic carbocycles. The first-order valence-electron chi connectivity index (χ1n) is 12.8. The van der Waals surface area contributed by atoms with Crippen LogP contribution in [0.15, 0.2) is 0 Å². The fourth-order valence-corrected chi connectivity index (χ4v) is 4.26. The van der Waals surface area contributed by atoms with Gasteiger partial charge >= 0.3 is 0 Å². The summed E-state index contributed by atoms with van der Waals surface area (Å²) in [6.07, 6.45) is 24.6. The molecule has 1 unspecified atom stereocenters. The quantitative estimate of drug-likeness (QED) is 0.120. The Morgan fingerprint density at radius 3 is 1.40 bits per heavy atom. The molecule has 0 aliphatic rings. The Morgan fingerprint density at radius 2 is 1.03 bits per heavy atom. The van der Waals surface area contributed by atoms with Crippen LogP contribution in [-0.2, 0) is 10.1 Å². The molecule has 0 aromatic heterocycles. The Labute approximate surface area is 187 Å². The maximum absolute atomic E-state index is 10.6. The number of rotatable bonds is 24. The van der Waals surface area contributed by atoms with Gasteiger partial charge in [-0.25, -0.2) is 0 Å². The van der Waals surface area contributed by atoms with Crippen LogP contribution in [0, 0.1) is 0 Å². The molecule has 0 saturated heterocycles. The molecule has 0 spiro atoms. The molecule has 5 nitrogen and oxygen atoms in total. The van der Waals surface area contributed by atoms with Gasteiger partial charge in [-0.05, 0) is 6.42 Å². The molecule has 6 heteroatoms. The minimum Gasteiger partial charge on any atom is -0.392 e. The molecular weight excluding hydrogens is 398 g/mol. The van der Waals surface area contributed by atoms with Gasteiger partial charge in [0, 0.05) is 13.1 Å². The van der Waals surface area contributed by atoms with E-state index in [0.717, 1.165) is 19.3 Å². The lowest BCUT2D eigenvalue weighted by Gasteiger charge is -2.11. The van der Waals surface area contributed by atoms with Crippen molar-refractivity contribution in [1.82, 2.24) is 5.32 Å². The van der Waals surface area contributed by atoms with Crippen LogP contribution in [0.4, 0.5) is 0 Å². The summed E-state index contributed by atoms with van der Waals surface area (Å²) in [5.74, 6) is -0.307. The van der Waals surface area contributed by atoms with Crippen LogP contribution < -0.4 is 5.32 Å². The van der Waals surface area contributed by atoms with Crippen molar-refractivity contribution in [3.05, 3.63) is 0 Å². The highest BCUT2D eigenvalue weighted by Crippen LogP contribution is 2.14. The number of aliphatic hydroxyl groups excluding tert-OH is 1. The lowest BCUT2D eigenvalue weighted by molar-refractivity contribution is 0.158. The molecule has 0 rings (SSSR count). The van der Waals surface area contributed by atoms with E-state index in [1.54, 1.807) is 0 Å². The molecule has 0 radical (unpaired) electrons. The summed E-state index contributed by atoms with van der Waals surface area (Å²) in [7, 11) is -3.91. The fraction of sp³-hybridized carbons (Fsp3) is 1.00. The van der Waals surface area contributed by atoms with Crippen LogP contribution in [0.2, 0.25) is 0 Å². The normalized spacial score (nSPS) is 13.0. The predicted molar refractivity (Wildman–Crippen MR) is 129 cm³/mol. The lowest BCUT2D eigenvalue weighted by atomic mass is 10.0. The molecule has 0 bridgehead atoms. The topological polar surface area (TPSA) is 86.6 Å². The largest absolute Gasteiger partial charge is 0.392 e. The highest BCUT2D eigenvalue weighted by atomic mass is 32.2. The SMILES string of the molecule is CCCCCCCCCCCCCCCCCCCCC(O)CNCCS(=O)(=O)O. The zero-order chi connectivity index (χ0) is 22.3. The van der Waals surface area contributed by atoms with E-state index in [1.807, 2.05) is 0 Å². The molecular formula is C24H51NO4S. The van der Waals surface area contributed by atoms with E-state index in [1.165, 1.54) is 103 Å². The van der Waals surface area contributed by atoms with E-state index < -0.39 is 16.2 Å². The molecule has 0 amide bonds. The minimum absolute atomic E-state index is 0.176. The molecule has 182 valence electrons. The van der Waals surface area contributed by atoms with Gasteiger partial charge < -0.3 is 10.4 Å². The van der Waals surface area contributed by atoms with E-state index in [9.17, 15) is 13.5 Å². The van der Waals surface area contributed by atoms with Gasteiger partial charge in [0.1, 0.15) is 0 Å². The van der Waals surface area contributed by atoms with Crippen molar-refractivity contribution in [2.45, 2.75) is 135 Å². The monoisotopic (exact) mass is 449 g/mol. The number of hydrogen-bond acceptors (Lipinski definition) is 4. The van der Waals surface area contributed by atoms with Gasteiger partial charge in [0.2, 0.25) is 0 Å². The number of aliphatic hydroxyl groups is 1. The second-order valence-corrected chi connectivity index (χ2v) is 10.5. The van der Waals surface area contributed by atoms with Crippen molar-refractivity contribution in [2.24, 2.45) is 0 Å². The Balaban J connectivity index is 3.15. The van der Waals surface area contributed by atoms with Gasteiger partial charge in [0.15, 0.2) is 0 Å². The van der Waals surface area contributed by atoms with Crippen LogP contribution in [0.25, 0.3) is 0 Å². The summed E-state index contributed by atoms with van der Waals surface area (Å²) < 4.78 is 29.8. The standard InChI is InChI=1S/C24H51NO4S/c1-2-3-4-5-6-7-8-9-10-11-12-13-14-15-16-17-18-19-20-24(26)23-25-21-22-30(27,28)29/h24-26H,2-23H2,1H3,(H,27,28,29). The molecule has 3 N–H and O–H groups in total. The minimum atomic E-state index is -3.91. The van der Waals surface area contributed by atoms with E-state index in [2.05, 4.69) is 12.2 Å². The maximum atomic E-state index is 10.6. The average Bonchev–Trinajstić information content (AvgIpc) is 2.69. The summed E-state index contributed by atoms with van der Waals surface area (Å²) in [5, 5.41) is 12.7. The Kier molecular flexibility index (Phi) is 21.9. The summed E-state index contributed by atoms with van der Waals surface area (Å²) in [5.41, 5.74) is 0. The summed E-state index contributed by atoms with van der Waals surface area (Å²) >= 11 is 0. The molecule has 0 heterocycles. The summed E-state index contributed by atoms with van der Waals surface area (Å²) in [6, 6.07) is 0. The van der Waals surface area contributed by atoms with Crippen molar-refractivity contribution in [3.63, 3.8) is 0 Å². The zero-order valence-corrected chi connectivity index (χ0v) is 20.6. The van der Waals surface area contributed by atoms with Crippen molar-refractivity contribution in [1.29, 1.82) is 0 Å². The van der Waals surface area contributed by atoms with Gasteiger partial charge in [0.05, 0.1) is 11.9 Å². The van der Waals surface area contributed by atoms with Crippen LogP contribution in [0.3, 0.4) is 0 Å². The third kappa shape index (κ3) is 25.9. The fourth-order valence-electron chi connectivity index (χ4n) is 3.85. The van der Waals surface area contributed by atoms with Gasteiger partial charge in [-0.15, -0.1) is 0 Å². The number of nitrogens with one attached hydrogen (secondary N) is 1. The van der Waals surface area contributed by atoms with Crippen LogP contribution in [-0.4, -0.2) is 43.0 Å². The highest BCUT2D eigenvalue weighted by Gasteiger charge is 2.06. The summed E-state index contributed by atoms with van der Waals surface area (Å²) in [4.78, 5) is 0. The van der Waals surface area contributed by atoms with Crippen molar-refractivity contribution in [2.75, 3.05) is 18.8 Å². The Hall–Kier alpha value is -0.170. The third-order valence-corrected chi connectivity index (χ3v) is 6.53. The second kappa shape index (κ2) is 22.0. The molecule has 0 aliphatic heterocycles. The molecule has 0 aromatic rings. The Morgan fingerprint density at radius 1 is 0.667 bits per heavy atom. The van der Waals surface area contributed by atoms with Gasteiger partial charge in [-0.2, -0.15) is 8.42 Å². The van der Waals surface area contributed by atoms with Crippen molar-refractivity contribution >= 4 is 10.1 Å².